The van der Waals surface area contributed by atoms with Crippen LogP contribution in [0.2, 0.25) is 0 Å². The van der Waals surface area contributed by atoms with Crippen molar-refractivity contribution in [1.82, 2.24) is 14.7 Å². The lowest BCUT2D eigenvalue weighted by molar-refractivity contribution is -0.117. The predicted octanol–water partition coefficient (Wildman–Crippen LogP) is 1.14. The van der Waals surface area contributed by atoms with Gasteiger partial charge in [-0.1, -0.05) is 11.3 Å². The molecule has 2 heterocycles. The number of hydrogen-bond donors (Lipinski definition) is 3. The summed E-state index contributed by atoms with van der Waals surface area (Å²) in [4.78, 5) is 20.0. The molecule has 130 valence electrons. The van der Waals surface area contributed by atoms with Crippen LogP contribution in [0.5, 0.6) is 0 Å². The lowest BCUT2D eigenvalue weighted by atomic mass is 10.3. The van der Waals surface area contributed by atoms with E-state index < -0.39 is 15.8 Å². The van der Waals surface area contributed by atoms with E-state index in [0.717, 1.165) is 36.6 Å². The SMILES string of the molecule is CS(=O)(=O)NCCNc1nc2c(F)cnc(NC(=O)C3CC3)c2s1. The number of hydrogen-bond acceptors (Lipinski definition) is 7. The maximum absolute atomic E-state index is 13.9. The van der Waals surface area contributed by atoms with Crippen LogP contribution in [0, 0.1) is 11.7 Å². The van der Waals surface area contributed by atoms with Gasteiger partial charge in [0.2, 0.25) is 15.9 Å². The maximum atomic E-state index is 13.9. The van der Waals surface area contributed by atoms with Gasteiger partial charge in [0.05, 0.1) is 12.5 Å². The van der Waals surface area contributed by atoms with Crippen LogP contribution in [-0.2, 0) is 14.8 Å². The van der Waals surface area contributed by atoms with E-state index in [1.165, 1.54) is 0 Å². The fourth-order valence-corrected chi connectivity index (χ4v) is 3.44. The first kappa shape index (κ1) is 17.0. The van der Waals surface area contributed by atoms with Crippen molar-refractivity contribution in [2.24, 2.45) is 5.92 Å². The lowest BCUT2D eigenvalue weighted by Gasteiger charge is -2.03. The van der Waals surface area contributed by atoms with E-state index >= 15 is 0 Å². The molecular weight excluding hydrogens is 357 g/mol. The Morgan fingerprint density at radius 3 is 2.83 bits per heavy atom. The van der Waals surface area contributed by atoms with Crippen LogP contribution in [-0.4, -0.2) is 43.6 Å². The number of halogens is 1. The van der Waals surface area contributed by atoms with Crippen LogP contribution in [0.3, 0.4) is 0 Å². The van der Waals surface area contributed by atoms with Gasteiger partial charge >= 0.3 is 0 Å². The van der Waals surface area contributed by atoms with Gasteiger partial charge in [0.15, 0.2) is 16.8 Å². The van der Waals surface area contributed by atoms with Gasteiger partial charge in [0.25, 0.3) is 0 Å². The van der Waals surface area contributed by atoms with E-state index in [0.29, 0.717) is 22.2 Å². The van der Waals surface area contributed by atoms with Crippen LogP contribution in [0.25, 0.3) is 10.2 Å². The number of rotatable bonds is 7. The van der Waals surface area contributed by atoms with E-state index in [4.69, 9.17) is 0 Å². The Bertz CT molecular complexity index is 879. The van der Waals surface area contributed by atoms with Crippen molar-refractivity contribution < 1.29 is 17.6 Å². The minimum atomic E-state index is -3.26. The number of carbonyl (C=O) groups excluding carboxylic acids is 1. The first-order chi connectivity index (χ1) is 11.3. The van der Waals surface area contributed by atoms with Crippen molar-refractivity contribution in [2.45, 2.75) is 12.8 Å². The summed E-state index contributed by atoms with van der Waals surface area (Å²) in [6.07, 6.45) is 3.82. The normalized spacial score (nSPS) is 14.8. The Morgan fingerprint density at radius 2 is 2.17 bits per heavy atom. The summed E-state index contributed by atoms with van der Waals surface area (Å²) in [5.74, 6) is -0.383. The smallest absolute Gasteiger partial charge is 0.228 e. The van der Waals surface area contributed by atoms with Crippen molar-refractivity contribution in [3.05, 3.63) is 12.0 Å². The standard InChI is InChI=1S/C13H16FN5O3S2/c1-24(21,22)17-5-4-15-13-18-9-8(14)6-16-11(10(9)23-13)19-12(20)7-2-3-7/h6-7,17H,2-5H2,1H3,(H,15,18)(H,16,19,20). The molecule has 1 fully saturated rings. The van der Waals surface area contributed by atoms with E-state index in [9.17, 15) is 17.6 Å². The summed E-state index contributed by atoms with van der Waals surface area (Å²) in [6.45, 7) is 0.479. The van der Waals surface area contributed by atoms with Crippen molar-refractivity contribution in [1.29, 1.82) is 0 Å². The Hall–Kier alpha value is -1.85. The summed E-state index contributed by atoms with van der Waals surface area (Å²) in [5, 5.41) is 6.06. The van der Waals surface area contributed by atoms with Crippen molar-refractivity contribution in [3.63, 3.8) is 0 Å². The molecule has 0 atom stereocenters. The lowest BCUT2D eigenvalue weighted by Crippen LogP contribution is -2.27. The number of aromatic nitrogens is 2. The number of carbonyl (C=O) groups is 1. The third-order valence-corrected chi connectivity index (χ3v) is 5.08. The zero-order valence-electron chi connectivity index (χ0n) is 12.8. The largest absolute Gasteiger partial charge is 0.360 e. The number of fused-ring (bicyclic) bond motifs is 1. The number of nitrogens with one attached hydrogen (secondary N) is 3. The van der Waals surface area contributed by atoms with Gasteiger partial charge in [-0.3, -0.25) is 4.79 Å². The summed E-state index contributed by atoms with van der Waals surface area (Å²) in [5.41, 5.74) is 0.125. The highest BCUT2D eigenvalue weighted by Gasteiger charge is 2.30. The molecule has 1 aliphatic carbocycles. The number of pyridine rings is 1. The van der Waals surface area contributed by atoms with Gasteiger partial charge in [-0.25, -0.2) is 27.5 Å². The molecule has 0 radical (unpaired) electrons. The topological polar surface area (TPSA) is 113 Å². The molecule has 0 saturated heterocycles. The van der Waals surface area contributed by atoms with E-state index in [1.807, 2.05) is 0 Å². The molecule has 0 bridgehead atoms. The summed E-state index contributed by atoms with van der Waals surface area (Å²) >= 11 is 1.15. The van der Waals surface area contributed by atoms with Gasteiger partial charge < -0.3 is 10.6 Å². The first-order valence-electron chi connectivity index (χ1n) is 7.28. The highest BCUT2D eigenvalue weighted by atomic mass is 32.2. The van der Waals surface area contributed by atoms with Crippen molar-refractivity contribution in [2.75, 3.05) is 30.0 Å². The predicted molar refractivity (Wildman–Crippen MR) is 90.1 cm³/mol. The molecule has 2 aromatic rings. The van der Waals surface area contributed by atoms with Crippen LogP contribution < -0.4 is 15.4 Å². The quantitative estimate of drug-likeness (QED) is 0.627. The van der Waals surface area contributed by atoms with Gasteiger partial charge in [-0.05, 0) is 12.8 Å². The second-order valence-corrected chi connectivity index (χ2v) is 8.34. The first-order valence-corrected chi connectivity index (χ1v) is 9.98. The summed E-state index contributed by atoms with van der Waals surface area (Å²) < 4.78 is 38.6. The fourth-order valence-electron chi connectivity index (χ4n) is 2.02. The second-order valence-electron chi connectivity index (χ2n) is 5.51. The Balaban J connectivity index is 1.73. The third-order valence-electron chi connectivity index (χ3n) is 3.33. The van der Waals surface area contributed by atoms with Gasteiger partial charge in [0, 0.05) is 19.0 Å². The average Bonchev–Trinajstić information content (AvgIpc) is 3.26. The number of thiazole rings is 1. The van der Waals surface area contributed by atoms with Gasteiger partial charge in [0.1, 0.15) is 10.2 Å². The molecule has 11 heteroatoms. The second kappa shape index (κ2) is 6.57. The molecule has 1 amide bonds. The number of sulfonamides is 1. The highest BCUT2D eigenvalue weighted by Crippen LogP contribution is 2.34. The number of nitrogens with zero attached hydrogens (tertiary/aromatic N) is 2. The molecule has 3 rings (SSSR count). The maximum Gasteiger partial charge on any atom is 0.228 e. The molecule has 0 aliphatic heterocycles. The zero-order chi connectivity index (χ0) is 17.3. The van der Waals surface area contributed by atoms with Crippen LogP contribution in [0.4, 0.5) is 15.3 Å². The summed E-state index contributed by atoms with van der Waals surface area (Å²) in [7, 11) is -3.26. The third kappa shape index (κ3) is 4.16. The molecule has 24 heavy (non-hydrogen) atoms. The molecule has 1 aliphatic rings. The zero-order valence-corrected chi connectivity index (χ0v) is 14.4. The van der Waals surface area contributed by atoms with Gasteiger partial charge in [-0.2, -0.15) is 0 Å². The molecule has 0 aromatic carbocycles. The number of amides is 1. The Morgan fingerprint density at radius 1 is 1.42 bits per heavy atom. The van der Waals surface area contributed by atoms with Crippen LogP contribution in [0.15, 0.2) is 6.20 Å². The molecule has 0 spiro atoms. The minimum absolute atomic E-state index is 0.0134. The number of anilines is 2. The molecule has 2 aromatic heterocycles. The monoisotopic (exact) mass is 373 g/mol. The van der Waals surface area contributed by atoms with E-state index in [-0.39, 0.29) is 23.9 Å². The molecule has 8 nitrogen and oxygen atoms in total. The summed E-state index contributed by atoms with van der Waals surface area (Å²) in [6, 6.07) is 0. The molecular formula is C13H16FN5O3S2. The molecule has 1 saturated carbocycles. The molecule has 3 N–H and O–H groups in total. The molecule has 0 unspecified atom stereocenters. The van der Waals surface area contributed by atoms with E-state index in [1.54, 1.807) is 0 Å². The Kier molecular flexibility index (Phi) is 4.65. The minimum Gasteiger partial charge on any atom is -0.360 e. The van der Waals surface area contributed by atoms with Crippen LogP contribution in [0.1, 0.15) is 12.8 Å². The van der Waals surface area contributed by atoms with Crippen molar-refractivity contribution in [3.8, 4) is 0 Å². The average molecular weight is 373 g/mol. The van der Waals surface area contributed by atoms with Gasteiger partial charge in [-0.15, -0.1) is 0 Å². The highest BCUT2D eigenvalue weighted by molar-refractivity contribution is 7.88. The fraction of sp³-hybridized carbons (Fsp3) is 0.462. The Labute approximate surface area is 141 Å². The van der Waals surface area contributed by atoms with Crippen molar-refractivity contribution >= 4 is 48.4 Å². The van der Waals surface area contributed by atoms with E-state index in [2.05, 4.69) is 25.3 Å². The van der Waals surface area contributed by atoms with Crippen LogP contribution >= 0.6 is 11.3 Å².